The molecule has 1 heterocycles. The molecule has 7 nitrogen and oxygen atoms in total. The van der Waals surface area contributed by atoms with Crippen molar-refractivity contribution >= 4 is 27.6 Å². The molecule has 1 saturated carbocycles. The minimum atomic E-state index is -3.69. The quantitative estimate of drug-likeness (QED) is 0.815. The second-order valence-corrected chi connectivity index (χ2v) is 8.47. The van der Waals surface area contributed by atoms with Crippen LogP contribution in [0.2, 0.25) is 0 Å². The van der Waals surface area contributed by atoms with Crippen LogP contribution in [0, 0.1) is 23.6 Å². The number of benzene rings is 1. The number of aliphatic carboxylic acids is 1. The summed E-state index contributed by atoms with van der Waals surface area (Å²) in [5, 5.41) is 9.37. The Morgan fingerprint density at radius 2 is 1.96 bits per heavy atom. The highest BCUT2D eigenvalue weighted by Gasteiger charge is 2.46. The van der Waals surface area contributed by atoms with Gasteiger partial charge in [-0.05, 0) is 42.9 Å². The summed E-state index contributed by atoms with van der Waals surface area (Å²) in [6.07, 6.45) is 2.85. The van der Waals surface area contributed by atoms with Gasteiger partial charge < -0.3 is 10.0 Å². The highest BCUT2D eigenvalue weighted by atomic mass is 32.2. The van der Waals surface area contributed by atoms with Crippen molar-refractivity contribution in [2.24, 2.45) is 17.8 Å². The number of nitrogens with one attached hydrogen (secondary N) is 1. The normalized spacial score (nSPS) is 23.5. The number of amides is 1. The molecule has 0 unspecified atom stereocenters. The molecule has 0 radical (unpaired) electrons. The first-order chi connectivity index (χ1) is 11.7. The fraction of sp³-hybridized carbons (Fsp3) is 0.500. The molecule has 1 amide bonds. The molecule has 0 spiro atoms. The second-order valence-electron chi connectivity index (χ2n) is 6.73. The molecule has 25 heavy (non-hydrogen) atoms. The van der Waals surface area contributed by atoms with Gasteiger partial charge in [0.25, 0.3) is 5.91 Å². The van der Waals surface area contributed by atoms with Gasteiger partial charge in [-0.3, -0.25) is 14.3 Å². The van der Waals surface area contributed by atoms with Gasteiger partial charge >= 0.3 is 5.97 Å². The molecule has 1 aromatic rings. The molecule has 0 bridgehead atoms. The largest absolute Gasteiger partial charge is 0.481 e. The minimum absolute atomic E-state index is 0.0597. The predicted octanol–water partition coefficient (Wildman–Crippen LogP) is 1.38. The summed E-state index contributed by atoms with van der Waals surface area (Å²) in [7, 11) is -3.69. The lowest BCUT2D eigenvalue weighted by molar-refractivity contribution is -0.142. The minimum Gasteiger partial charge on any atom is -0.481 e. The zero-order valence-electron chi connectivity index (χ0n) is 13.6. The van der Waals surface area contributed by atoms with Crippen LogP contribution in [0.25, 0.3) is 0 Å². The van der Waals surface area contributed by atoms with Crippen molar-refractivity contribution in [2.75, 3.05) is 24.1 Å². The van der Waals surface area contributed by atoms with Crippen LogP contribution in [0.15, 0.2) is 18.2 Å². The lowest BCUT2D eigenvalue weighted by Gasteiger charge is -2.17. The first-order valence-corrected chi connectivity index (χ1v) is 9.84. The molecule has 1 aliphatic heterocycles. The van der Waals surface area contributed by atoms with Crippen LogP contribution in [0.5, 0.6) is 0 Å². The Morgan fingerprint density at radius 3 is 2.52 bits per heavy atom. The number of carbonyl (C=O) groups excluding carboxylic acids is 1. The van der Waals surface area contributed by atoms with Crippen LogP contribution in [-0.2, 0) is 14.8 Å². The molecular weight excluding hydrogens is 351 g/mol. The fourth-order valence-electron chi connectivity index (χ4n) is 3.38. The van der Waals surface area contributed by atoms with Gasteiger partial charge in [0, 0.05) is 18.7 Å². The molecule has 2 fully saturated rings. The number of sulfonamides is 1. The van der Waals surface area contributed by atoms with E-state index in [4.69, 9.17) is 0 Å². The second kappa shape index (κ2) is 6.29. The highest BCUT2D eigenvalue weighted by Crippen LogP contribution is 2.44. The van der Waals surface area contributed by atoms with Gasteiger partial charge in [0.15, 0.2) is 0 Å². The van der Waals surface area contributed by atoms with Crippen LogP contribution in [0.3, 0.4) is 0 Å². The summed E-state index contributed by atoms with van der Waals surface area (Å²) in [5.41, 5.74) is -0.186. The number of rotatable bonds is 5. The Bertz CT molecular complexity index is 822. The molecule has 2 N–H and O–H groups in total. The predicted molar refractivity (Wildman–Crippen MR) is 88.1 cm³/mol. The van der Waals surface area contributed by atoms with Gasteiger partial charge in [-0.25, -0.2) is 12.8 Å². The van der Waals surface area contributed by atoms with E-state index < -0.39 is 33.6 Å². The van der Waals surface area contributed by atoms with Gasteiger partial charge in [-0.1, -0.05) is 0 Å². The molecule has 2 atom stereocenters. The maximum atomic E-state index is 13.8. The first-order valence-electron chi connectivity index (χ1n) is 7.95. The lowest BCUT2D eigenvalue weighted by atomic mass is 9.92. The number of likely N-dealkylation sites (tertiary alicyclic amines) is 1. The van der Waals surface area contributed by atoms with E-state index in [2.05, 4.69) is 0 Å². The van der Waals surface area contributed by atoms with E-state index in [9.17, 15) is 27.5 Å². The van der Waals surface area contributed by atoms with E-state index >= 15 is 0 Å². The van der Waals surface area contributed by atoms with E-state index in [1.165, 1.54) is 11.0 Å². The lowest BCUT2D eigenvalue weighted by Crippen LogP contribution is -2.30. The Kier molecular flexibility index (Phi) is 4.44. The molecule has 1 saturated heterocycles. The molecule has 136 valence electrons. The summed E-state index contributed by atoms with van der Waals surface area (Å²) >= 11 is 0. The van der Waals surface area contributed by atoms with Crippen LogP contribution in [0.4, 0.5) is 10.1 Å². The number of nitrogens with zero attached hydrogens (tertiary/aromatic N) is 1. The van der Waals surface area contributed by atoms with Gasteiger partial charge in [-0.15, -0.1) is 0 Å². The van der Waals surface area contributed by atoms with E-state index in [1.807, 2.05) is 4.72 Å². The van der Waals surface area contributed by atoms with Crippen LogP contribution in [0.1, 0.15) is 23.2 Å². The average molecular weight is 370 g/mol. The summed E-state index contributed by atoms with van der Waals surface area (Å²) in [6, 6.07) is 3.42. The average Bonchev–Trinajstić information content (AvgIpc) is 3.25. The number of carboxylic acids is 1. The molecular formula is C16H19FN2O5S. The highest BCUT2D eigenvalue weighted by molar-refractivity contribution is 7.92. The topological polar surface area (TPSA) is 104 Å². The molecule has 1 aliphatic carbocycles. The number of carbonyl (C=O) groups is 2. The van der Waals surface area contributed by atoms with Gasteiger partial charge in [0.2, 0.25) is 10.0 Å². The summed E-state index contributed by atoms with van der Waals surface area (Å²) in [4.78, 5) is 25.6. The Balaban J connectivity index is 1.81. The number of halogens is 1. The number of hydrogen-bond acceptors (Lipinski definition) is 4. The van der Waals surface area contributed by atoms with E-state index in [0.29, 0.717) is 12.5 Å². The maximum Gasteiger partial charge on any atom is 0.308 e. The van der Waals surface area contributed by atoms with Gasteiger partial charge in [0.1, 0.15) is 5.82 Å². The number of carboxylic acid groups (broad SMARTS) is 1. The third kappa shape index (κ3) is 3.92. The monoisotopic (exact) mass is 370 g/mol. The zero-order chi connectivity index (χ0) is 18.4. The molecule has 1 aromatic carbocycles. The van der Waals surface area contributed by atoms with Crippen molar-refractivity contribution in [1.29, 1.82) is 0 Å². The molecule has 3 rings (SSSR count). The fourth-order valence-corrected chi connectivity index (χ4v) is 3.93. The smallest absolute Gasteiger partial charge is 0.308 e. The van der Waals surface area contributed by atoms with Crippen LogP contribution < -0.4 is 4.72 Å². The number of anilines is 1. The SMILES string of the molecule is CS(=O)(=O)Nc1cc(C(=O)N2C[C@H](C(=O)O)[C@@H](C3CC3)C2)ccc1F. The third-order valence-electron chi connectivity index (χ3n) is 4.71. The van der Waals surface area contributed by atoms with Crippen molar-refractivity contribution in [1.82, 2.24) is 4.90 Å². The molecule has 9 heteroatoms. The zero-order valence-corrected chi connectivity index (χ0v) is 14.4. The van der Waals surface area contributed by atoms with Crippen molar-refractivity contribution in [2.45, 2.75) is 12.8 Å². The standard InChI is InChI=1S/C16H19FN2O5S/c1-25(23,24)18-14-6-10(4-5-13(14)17)15(20)19-7-11(9-2-3-9)12(8-19)16(21)22/h4-6,9,11-12,18H,2-3,7-8H2,1H3,(H,21,22)/t11-,12+/m1/s1. The maximum absolute atomic E-state index is 13.8. The Labute approximate surface area is 144 Å². The van der Waals surface area contributed by atoms with E-state index in [-0.39, 0.29) is 23.7 Å². The Hall–Kier alpha value is -2.16. The van der Waals surface area contributed by atoms with Crippen molar-refractivity contribution in [3.05, 3.63) is 29.6 Å². The third-order valence-corrected chi connectivity index (χ3v) is 5.30. The van der Waals surface area contributed by atoms with E-state index in [1.54, 1.807) is 0 Å². The van der Waals surface area contributed by atoms with Crippen molar-refractivity contribution in [3.8, 4) is 0 Å². The first kappa shape index (κ1) is 17.7. The summed E-state index contributed by atoms with van der Waals surface area (Å²) in [5.74, 6) is -2.44. The van der Waals surface area contributed by atoms with Crippen molar-refractivity contribution < 1.29 is 27.5 Å². The number of hydrogen-bond donors (Lipinski definition) is 2. The molecule has 0 aromatic heterocycles. The van der Waals surface area contributed by atoms with Gasteiger partial charge in [0.05, 0.1) is 17.9 Å². The van der Waals surface area contributed by atoms with Crippen LogP contribution in [-0.4, -0.2) is 49.6 Å². The van der Waals surface area contributed by atoms with Crippen molar-refractivity contribution in [3.63, 3.8) is 0 Å². The Morgan fingerprint density at radius 1 is 1.28 bits per heavy atom. The van der Waals surface area contributed by atoms with Crippen LogP contribution >= 0.6 is 0 Å². The summed E-state index contributed by atoms with van der Waals surface area (Å²) in [6.45, 7) is 0.466. The van der Waals surface area contributed by atoms with Gasteiger partial charge in [-0.2, -0.15) is 0 Å². The van der Waals surface area contributed by atoms with E-state index in [0.717, 1.165) is 31.2 Å². The summed E-state index contributed by atoms with van der Waals surface area (Å²) < 4.78 is 38.4. The molecule has 2 aliphatic rings.